The number of fused-ring (bicyclic) bond motifs is 1. The van der Waals surface area contributed by atoms with Crippen molar-refractivity contribution < 1.29 is 4.79 Å². The minimum absolute atomic E-state index is 0.136. The molecule has 1 saturated carbocycles. The van der Waals surface area contributed by atoms with Gasteiger partial charge < -0.3 is 4.90 Å². The zero-order valence-electron chi connectivity index (χ0n) is 11.2. The molecule has 0 N–H and O–H groups in total. The monoisotopic (exact) mass is 277 g/mol. The summed E-state index contributed by atoms with van der Waals surface area (Å²) in [6.07, 6.45) is 2.78. The number of nitrogens with zero attached hydrogens (tertiary/aromatic N) is 3. The van der Waals surface area contributed by atoms with Crippen LogP contribution in [0.4, 0.5) is 0 Å². The molecule has 2 unspecified atom stereocenters. The number of aromatic nitrogens is 1. The molecule has 3 heterocycles. The van der Waals surface area contributed by atoms with Gasteiger partial charge in [0.05, 0.1) is 5.01 Å². The molecule has 1 amide bonds. The van der Waals surface area contributed by atoms with E-state index in [0.717, 1.165) is 24.1 Å². The molecule has 0 bridgehead atoms. The number of hydrogen-bond acceptors (Lipinski definition) is 4. The quantitative estimate of drug-likeness (QED) is 0.824. The summed E-state index contributed by atoms with van der Waals surface area (Å²) >= 11 is 1.56. The zero-order valence-corrected chi connectivity index (χ0v) is 12.0. The van der Waals surface area contributed by atoms with Crippen LogP contribution < -0.4 is 0 Å². The number of hydrogen-bond donors (Lipinski definition) is 0. The van der Waals surface area contributed by atoms with E-state index < -0.39 is 0 Å². The van der Waals surface area contributed by atoms with Crippen molar-refractivity contribution in [2.75, 3.05) is 26.2 Å². The minimum atomic E-state index is 0.136. The second-order valence-electron chi connectivity index (χ2n) is 6.17. The van der Waals surface area contributed by atoms with Gasteiger partial charge in [-0.15, -0.1) is 11.3 Å². The van der Waals surface area contributed by atoms with Crippen molar-refractivity contribution in [2.45, 2.75) is 25.8 Å². The van der Waals surface area contributed by atoms with E-state index >= 15 is 0 Å². The Balaban J connectivity index is 1.42. The van der Waals surface area contributed by atoms with Crippen LogP contribution >= 0.6 is 11.3 Å². The number of amides is 1. The average Bonchev–Trinajstić information content (AvgIpc) is 2.83. The maximum atomic E-state index is 12.4. The summed E-state index contributed by atoms with van der Waals surface area (Å²) in [5.74, 6) is 1.53. The summed E-state index contributed by atoms with van der Waals surface area (Å²) in [5.41, 5.74) is 0.640. The molecule has 0 spiro atoms. The van der Waals surface area contributed by atoms with Crippen molar-refractivity contribution in [1.29, 1.82) is 0 Å². The molecule has 0 radical (unpaired) electrons. The normalized spacial score (nSPS) is 30.9. The smallest absolute Gasteiger partial charge is 0.273 e. The van der Waals surface area contributed by atoms with Gasteiger partial charge in [0, 0.05) is 37.6 Å². The highest BCUT2D eigenvalue weighted by Crippen LogP contribution is 2.38. The molecule has 4 nitrogen and oxygen atoms in total. The lowest BCUT2D eigenvalue weighted by molar-refractivity contribution is 0.0768. The summed E-state index contributed by atoms with van der Waals surface area (Å²) in [6.45, 7) is 6.23. The van der Waals surface area contributed by atoms with Crippen LogP contribution in [0.15, 0.2) is 5.38 Å². The van der Waals surface area contributed by atoms with E-state index in [1.54, 1.807) is 11.3 Å². The molecule has 102 valence electrons. The molecule has 1 aromatic rings. The van der Waals surface area contributed by atoms with Crippen LogP contribution in [0.3, 0.4) is 0 Å². The van der Waals surface area contributed by atoms with Gasteiger partial charge in [0.25, 0.3) is 5.91 Å². The molecule has 1 aromatic heterocycles. The highest BCUT2D eigenvalue weighted by Gasteiger charge is 2.45. The Morgan fingerprint density at radius 2 is 1.95 bits per heavy atom. The van der Waals surface area contributed by atoms with E-state index in [1.807, 2.05) is 17.2 Å². The number of rotatable bonds is 2. The third kappa shape index (κ3) is 2.09. The Hall–Kier alpha value is -0.940. The van der Waals surface area contributed by atoms with E-state index in [-0.39, 0.29) is 5.91 Å². The van der Waals surface area contributed by atoms with Crippen LogP contribution in [0.5, 0.6) is 0 Å². The van der Waals surface area contributed by atoms with Gasteiger partial charge in [-0.3, -0.25) is 9.69 Å². The molecule has 2 atom stereocenters. The standard InChI is InChI=1S/C14H19N3OS/c1-9-15-13(8-19-9)14(18)17-6-10-4-16(12-2-3-12)5-11(10)7-17/h8,10-12H,2-7H2,1H3. The Bertz CT molecular complexity index is 497. The lowest BCUT2D eigenvalue weighted by Gasteiger charge is -2.20. The maximum Gasteiger partial charge on any atom is 0.273 e. The Kier molecular flexibility index (Phi) is 2.67. The van der Waals surface area contributed by atoms with Crippen LogP contribution in [0.25, 0.3) is 0 Å². The predicted molar refractivity (Wildman–Crippen MR) is 74.3 cm³/mol. The van der Waals surface area contributed by atoms with E-state index in [4.69, 9.17) is 0 Å². The average molecular weight is 277 g/mol. The van der Waals surface area contributed by atoms with Crippen molar-refractivity contribution >= 4 is 17.2 Å². The molecule has 2 saturated heterocycles. The van der Waals surface area contributed by atoms with Crippen LogP contribution in [-0.2, 0) is 0 Å². The molecule has 3 fully saturated rings. The molecule has 2 aliphatic heterocycles. The van der Waals surface area contributed by atoms with E-state index in [0.29, 0.717) is 17.5 Å². The summed E-state index contributed by atoms with van der Waals surface area (Å²) in [6, 6.07) is 0.871. The fourth-order valence-electron chi connectivity index (χ4n) is 3.56. The Morgan fingerprint density at radius 1 is 1.26 bits per heavy atom. The second-order valence-corrected chi connectivity index (χ2v) is 7.23. The highest BCUT2D eigenvalue weighted by atomic mass is 32.1. The van der Waals surface area contributed by atoms with E-state index in [1.165, 1.54) is 25.9 Å². The van der Waals surface area contributed by atoms with Crippen LogP contribution in [-0.4, -0.2) is 52.9 Å². The van der Waals surface area contributed by atoms with Crippen molar-refractivity contribution in [2.24, 2.45) is 11.8 Å². The lowest BCUT2D eigenvalue weighted by atomic mass is 10.0. The molecule has 1 aliphatic carbocycles. The SMILES string of the molecule is Cc1nc(C(=O)N2CC3CN(C4CC4)CC3C2)cs1. The molecule has 0 aromatic carbocycles. The maximum absolute atomic E-state index is 12.4. The van der Waals surface area contributed by atoms with E-state index in [9.17, 15) is 4.79 Å². The van der Waals surface area contributed by atoms with Crippen LogP contribution in [0, 0.1) is 18.8 Å². The van der Waals surface area contributed by atoms with Gasteiger partial charge >= 0.3 is 0 Å². The first-order chi connectivity index (χ1) is 9.20. The topological polar surface area (TPSA) is 36.4 Å². The molecule has 3 aliphatic rings. The number of carbonyl (C=O) groups is 1. The summed E-state index contributed by atoms with van der Waals surface area (Å²) in [5, 5.41) is 2.87. The van der Waals surface area contributed by atoms with Crippen molar-refractivity contribution in [1.82, 2.24) is 14.8 Å². The van der Waals surface area contributed by atoms with Crippen molar-refractivity contribution in [3.05, 3.63) is 16.1 Å². The first-order valence-corrected chi connectivity index (χ1v) is 8.04. The van der Waals surface area contributed by atoms with E-state index in [2.05, 4.69) is 9.88 Å². The summed E-state index contributed by atoms with van der Waals surface area (Å²) in [7, 11) is 0. The van der Waals surface area contributed by atoms with Crippen molar-refractivity contribution in [3.63, 3.8) is 0 Å². The lowest BCUT2D eigenvalue weighted by Crippen LogP contribution is -2.34. The minimum Gasteiger partial charge on any atom is -0.337 e. The zero-order chi connectivity index (χ0) is 13.0. The Labute approximate surface area is 117 Å². The summed E-state index contributed by atoms with van der Waals surface area (Å²) < 4.78 is 0. The molecular formula is C14H19N3OS. The van der Waals surface area contributed by atoms with Gasteiger partial charge in [-0.25, -0.2) is 4.98 Å². The third-order valence-electron chi connectivity index (χ3n) is 4.70. The molecule has 4 rings (SSSR count). The highest BCUT2D eigenvalue weighted by molar-refractivity contribution is 7.09. The predicted octanol–water partition coefficient (Wildman–Crippen LogP) is 1.62. The fourth-order valence-corrected chi connectivity index (χ4v) is 4.14. The van der Waals surface area contributed by atoms with Crippen molar-refractivity contribution in [3.8, 4) is 0 Å². The van der Waals surface area contributed by atoms with Gasteiger partial charge in [0.15, 0.2) is 0 Å². The van der Waals surface area contributed by atoms with Gasteiger partial charge in [-0.1, -0.05) is 0 Å². The second kappa shape index (κ2) is 4.28. The molecule has 19 heavy (non-hydrogen) atoms. The Morgan fingerprint density at radius 3 is 2.47 bits per heavy atom. The fraction of sp³-hybridized carbons (Fsp3) is 0.714. The largest absolute Gasteiger partial charge is 0.337 e. The number of carbonyl (C=O) groups excluding carboxylic acids is 1. The van der Waals surface area contributed by atoms with Gasteiger partial charge in [0.2, 0.25) is 0 Å². The number of thiazole rings is 1. The summed E-state index contributed by atoms with van der Waals surface area (Å²) in [4.78, 5) is 21.4. The molecular weight excluding hydrogens is 258 g/mol. The first kappa shape index (κ1) is 11.9. The van der Waals surface area contributed by atoms with Crippen LogP contribution in [0.1, 0.15) is 28.3 Å². The van der Waals surface area contributed by atoms with Gasteiger partial charge in [-0.2, -0.15) is 0 Å². The van der Waals surface area contributed by atoms with Gasteiger partial charge in [-0.05, 0) is 31.6 Å². The third-order valence-corrected chi connectivity index (χ3v) is 5.48. The number of likely N-dealkylation sites (tertiary alicyclic amines) is 2. The molecule has 5 heteroatoms. The first-order valence-electron chi connectivity index (χ1n) is 7.16. The number of aryl methyl sites for hydroxylation is 1. The van der Waals surface area contributed by atoms with Crippen LogP contribution in [0.2, 0.25) is 0 Å². The van der Waals surface area contributed by atoms with Gasteiger partial charge in [0.1, 0.15) is 5.69 Å².